The number of rotatable bonds is 5. The average Bonchev–Trinajstić information content (AvgIpc) is 2.59. The first-order valence-electron chi connectivity index (χ1n) is 9.44. The molecule has 1 heterocycles. The van der Waals surface area contributed by atoms with E-state index in [0.717, 1.165) is 18.4 Å². The molecule has 1 aliphatic heterocycles. The van der Waals surface area contributed by atoms with Gasteiger partial charge in [0, 0.05) is 13.1 Å². The minimum Gasteiger partial charge on any atom is -0.445 e. The number of piperidine rings is 1. The molecule has 26 heavy (non-hydrogen) atoms. The number of ether oxygens (including phenoxy) is 1. The van der Waals surface area contributed by atoms with E-state index in [1.807, 2.05) is 30.3 Å². The lowest BCUT2D eigenvalue weighted by Crippen LogP contribution is -2.61. The van der Waals surface area contributed by atoms with Crippen molar-refractivity contribution < 1.29 is 14.0 Å². The standard InChI is InChI=1S/C20H34N2O3Si/c1-19(2,3)26(4,5)25-20(15-21)12-9-13-22(16-20)18(23)24-14-17-10-7-6-8-11-17/h6-8,10-11H,9,12-16,21H2,1-5H3. The summed E-state index contributed by atoms with van der Waals surface area (Å²) in [4.78, 5) is 14.3. The fourth-order valence-electron chi connectivity index (χ4n) is 3.05. The van der Waals surface area contributed by atoms with Gasteiger partial charge in [0.1, 0.15) is 6.61 Å². The summed E-state index contributed by atoms with van der Waals surface area (Å²) < 4.78 is 12.2. The molecule has 1 amide bonds. The first-order valence-corrected chi connectivity index (χ1v) is 12.4. The normalized spacial score (nSPS) is 21.5. The quantitative estimate of drug-likeness (QED) is 0.782. The van der Waals surface area contributed by atoms with Crippen LogP contribution in [0.3, 0.4) is 0 Å². The Morgan fingerprint density at radius 2 is 1.92 bits per heavy atom. The number of amides is 1. The van der Waals surface area contributed by atoms with Crippen molar-refractivity contribution >= 4 is 14.4 Å². The molecule has 1 atom stereocenters. The zero-order valence-electron chi connectivity index (χ0n) is 16.9. The number of likely N-dealkylation sites (tertiary alicyclic amines) is 1. The van der Waals surface area contributed by atoms with Gasteiger partial charge in [-0.2, -0.15) is 0 Å². The van der Waals surface area contributed by atoms with Crippen LogP contribution in [0, 0.1) is 0 Å². The van der Waals surface area contributed by atoms with Gasteiger partial charge in [-0.05, 0) is 36.5 Å². The van der Waals surface area contributed by atoms with Crippen molar-refractivity contribution in [3.8, 4) is 0 Å². The maximum absolute atomic E-state index is 12.6. The van der Waals surface area contributed by atoms with Crippen LogP contribution in [-0.2, 0) is 15.8 Å². The van der Waals surface area contributed by atoms with Crippen LogP contribution in [-0.4, -0.2) is 44.5 Å². The van der Waals surface area contributed by atoms with Crippen LogP contribution in [0.5, 0.6) is 0 Å². The van der Waals surface area contributed by atoms with Gasteiger partial charge in [0.2, 0.25) is 0 Å². The highest BCUT2D eigenvalue weighted by atomic mass is 28.4. The second-order valence-electron chi connectivity index (χ2n) is 8.81. The third-order valence-electron chi connectivity index (χ3n) is 5.65. The lowest BCUT2D eigenvalue weighted by molar-refractivity contribution is -0.0143. The lowest BCUT2D eigenvalue weighted by atomic mass is 9.93. The Labute approximate surface area is 159 Å². The highest BCUT2D eigenvalue weighted by molar-refractivity contribution is 6.74. The molecule has 0 bridgehead atoms. The molecule has 0 saturated carbocycles. The van der Waals surface area contributed by atoms with E-state index in [1.54, 1.807) is 4.90 Å². The van der Waals surface area contributed by atoms with E-state index >= 15 is 0 Å². The van der Waals surface area contributed by atoms with Crippen LogP contribution < -0.4 is 5.73 Å². The van der Waals surface area contributed by atoms with Crippen molar-refractivity contribution in [3.05, 3.63) is 35.9 Å². The van der Waals surface area contributed by atoms with Gasteiger partial charge in [0.15, 0.2) is 8.32 Å². The molecule has 1 aromatic rings. The summed E-state index contributed by atoms with van der Waals surface area (Å²) >= 11 is 0. The van der Waals surface area contributed by atoms with E-state index in [0.29, 0.717) is 19.6 Å². The summed E-state index contributed by atoms with van der Waals surface area (Å²) in [6.07, 6.45) is 1.48. The molecule has 0 spiro atoms. The largest absolute Gasteiger partial charge is 0.445 e. The maximum Gasteiger partial charge on any atom is 0.410 e. The highest BCUT2D eigenvalue weighted by Crippen LogP contribution is 2.41. The van der Waals surface area contributed by atoms with Crippen LogP contribution in [0.25, 0.3) is 0 Å². The lowest BCUT2D eigenvalue weighted by Gasteiger charge is -2.49. The van der Waals surface area contributed by atoms with Crippen molar-refractivity contribution in [2.45, 2.75) is 64.0 Å². The average molecular weight is 379 g/mol. The first-order chi connectivity index (χ1) is 12.1. The number of carbonyl (C=O) groups excluding carboxylic acids is 1. The molecule has 0 aliphatic carbocycles. The van der Waals surface area contributed by atoms with Crippen molar-refractivity contribution in [1.82, 2.24) is 4.90 Å². The highest BCUT2D eigenvalue weighted by Gasteiger charge is 2.46. The molecule has 6 heteroatoms. The molecular weight excluding hydrogens is 344 g/mol. The predicted octanol–water partition coefficient (Wildman–Crippen LogP) is 4.14. The Morgan fingerprint density at radius 1 is 1.27 bits per heavy atom. The first kappa shape index (κ1) is 20.9. The van der Waals surface area contributed by atoms with Gasteiger partial charge < -0.3 is 19.8 Å². The third-order valence-corrected chi connectivity index (χ3v) is 10.2. The van der Waals surface area contributed by atoms with Crippen LogP contribution in [0.1, 0.15) is 39.2 Å². The monoisotopic (exact) mass is 378 g/mol. The van der Waals surface area contributed by atoms with Gasteiger partial charge >= 0.3 is 6.09 Å². The Kier molecular flexibility index (Phi) is 6.53. The summed E-state index contributed by atoms with van der Waals surface area (Å²) in [5.41, 5.74) is 6.66. The predicted molar refractivity (Wildman–Crippen MR) is 108 cm³/mol. The molecule has 1 aromatic carbocycles. The topological polar surface area (TPSA) is 64.8 Å². The van der Waals surface area contributed by atoms with E-state index in [9.17, 15) is 4.79 Å². The maximum atomic E-state index is 12.6. The molecular formula is C20H34N2O3Si. The van der Waals surface area contributed by atoms with Crippen LogP contribution in [0.15, 0.2) is 30.3 Å². The molecule has 1 saturated heterocycles. The fraction of sp³-hybridized carbons (Fsp3) is 0.650. The summed E-state index contributed by atoms with van der Waals surface area (Å²) in [5, 5.41) is 0.102. The van der Waals surface area contributed by atoms with E-state index in [-0.39, 0.29) is 17.7 Å². The van der Waals surface area contributed by atoms with E-state index < -0.39 is 13.9 Å². The minimum atomic E-state index is -1.98. The summed E-state index contributed by atoms with van der Waals surface area (Å²) in [6.45, 7) is 13.0. The SMILES string of the molecule is CC(C)(C)[Si](C)(C)OC1(CN)CCCN(C(=O)OCc2ccccc2)C1. The molecule has 146 valence electrons. The molecule has 2 N–H and O–H groups in total. The van der Waals surface area contributed by atoms with Gasteiger partial charge in [-0.3, -0.25) is 0 Å². The van der Waals surface area contributed by atoms with Crippen LogP contribution >= 0.6 is 0 Å². The van der Waals surface area contributed by atoms with Gasteiger partial charge in [-0.25, -0.2) is 4.79 Å². The second kappa shape index (κ2) is 8.11. The zero-order valence-corrected chi connectivity index (χ0v) is 17.9. The smallest absolute Gasteiger partial charge is 0.410 e. The Morgan fingerprint density at radius 3 is 2.50 bits per heavy atom. The van der Waals surface area contributed by atoms with Crippen molar-refractivity contribution in [3.63, 3.8) is 0 Å². The Balaban J connectivity index is 2.02. The fourth-order valence-corrected chi connectivity index (χ4v) is 4.69. The number of hydrogen-bond acceptors (Lipinski definition) is 4. The summed E-state index contributed by atoms with van der Waals surface area (Å²) in [6, 6.07) is 9.74. The van der Waals surface area contributed by atoms with Crippen LogP contribution in [0.2, 0.25) is 18.1 Å². The van der Waals surface area contributed by atoms with Crippen LogP contribution in [0.4, 0.5) is 4.79 Å². The van der Waals surface area contributed by atoms with Gasteiger partial charge in [-0.1, -0.05) is 51.1 Å². The molecule has 1 unspecified atom stereocenters. The van der Waals surface area contributed by atoms with Gasteiger partial charge in [0.05, 0.1) is 12.1 Å². The van der Waals surface area contributed by atoms with Gasteiger partial charge in [0.25, 0.3) is 0 Å². The molecule has 0 aromatic heterocycles. The molecule has 1 fully saturated rings. The molecule has 0 radical (unpaired) electrons. The van der Waals surface area contributed by atoms with Gasteiger partial charge in [-0.15, -0.1) is 0 Å². The Bertz CT molecular complexity index is 601. The second-order valence-corrected chi connectivity index (χ2v) is 13.5. The number of benzene rings is 1. The minimum absolute atomic E-state index is 0.102. The van der Waals surface area contributed by atoms with Crippen molar-refractivity contribution in [2.75, 3.05) is 19.6 Å². The van der Waals surface area contributed by atoms with E-state index in [1.165, 1.54) is 0 Å². The van der Waals surface area contributed by atoms with E-state index in [4.69, 9.17) is 14.9 Å². The number of carbonyl (C=O) groups is 1. The molecule has 5 nitrogen and oxygen atoms in total. The number of nitrogens with zero attached hydrogens (tertiary/aromatic N) is 1. The summed E-state index contributed by atoms with van der Waals surface area (Å²) in [5.74, 6) is 0. The zero-order chi connectivity index (χ0) is 19.4. The Hall–Kier alpha value is -1.37. The summed E-state index contributed by atoms with van der Waals surface area (Å²) in [7, 11) is -1.98. The molecule has 2 rings (SSSR count). The van der Waals surface area contributed by atoms with E-state index in [2.05, 4.69) is 33.9 Å². The number of nitrogens with two attached hydrogens (primary N) is 1. The number of hydrogen-bond donors (Lipinski definition) is 1. The van der Waals surface area contributed by atoms with Crippen molar-refractivity contribution in [2.24, 2.45) is 5.73 Å². The molecule has 1 aliphatic rings. The third kappa shape index (κ3) is 5.08. The van der Waals surface area contributed by atoms with Crippen molar-refractivity contribution in [1.29, 1.82) is 0 Å².